The Labute approximate surface area is 179 Å². The summed E-state index contributed by atoms with van der Waals surface area (Å²) in [6.45, 7) is 1.67. The van der Waals surface area contributed by atoms with Gasteiger partial charge in [0.15, 0.2) is 0 Å². The second kappa shape index (κ2) is 8.30. The maximum Gasteiger partial charge on any atom is 0.389 e. The molecule has 0 unspecified atom stereocenters. The summed E-state index contributed by atoms with van der Waals surface area (Å²) in [6.07, 6.45) is -9.43. The molecule has 11 heteroatoms. The molecule has 1 fully saturated rings. The molecule has 4 N–H and O–H groups in total. The van der Waals surface area contributed by atoms with Crippen LogP contribution in [0, 0.1) is 6.92 Å². The van der Waals surface area contributed by atoms with E-state index in [1.165, 1.54) is 11.3 Å². The topological polar surface area (TPSA) is 111 Å². The van der Waals surface area contributed by atoms with Crippen LogP contribution in [-0.4, -0.2) is 60.8 Å². The maximum atomic E-state index is 12.7. The van der Waals surface area contributed by atoms with Gasteiger partial charge in [0.2, 0.25) is 0 Å². The molecule has 1 aromatic carbocycles. The molecule has 0 bridgehead atoms. The fourth-order valence-corrected chi connectivity index (χ4v) is 4.72. The van der Waals surface area contributed by atoms with Crippen molar-refractivity contribution in [2.24, 2.45) is 0 Å². The van der Waals surface area contributed by atoms with E-state index in [4.69, 9.17) is 0 Å². The van der Waals surface area contributed by atoms with Crippen LogP contribution in [0.5, 0.6) is 0 Å². The lowest BCUT2D eigenvalue weighted by Gasteiger charge is -2.21. The first-order valence-corrected chi connectivity index (χ1v) is 10.5. The highest BCUT2D eigenvalue weighted by Crippen LogP contribution is 2.37. The molecule has 0 spiro atoms. The van der Waals surface area contributed by atoms with Crippen molar-refractivity contribution in [1.29, 1.82) is 0 Å². The number of fused-ring (bicyclic) bond motifs is 1. The summed E-state index contributed by atoms with van der Waals surface area (Å²) in [7, 11) is 0. The van der Waals surface area contributed by atoms with E-state index in [2.05, 4.69) is 20.3 Å². The number of aliphatic hydroxyl groups excluding tert-OH is 3. The van der Waals surface area contributed by atoms with E-state index in [-0.39, 0.29) is 18.1 Å². The molecule has 0 saturated heterocycles. The second-order valence-corrected chi connectivity index (χ2v) is 8.62. The molecule has 2 heterocycles. The molecule has 166 valence electrons. The van der Waals surface area contributed by atoms with Gasteiger partial charge in [0.25, 0.3) is 0 Å². The van der Waals surface area contributed by atoms with Crippen molar-refractivity contribution >= 4 is 27.4 Å². The summed E-state index contributed by atoms with van der Waals surface area (Å²) in [4.78, 5) is 13.2. The van der Waals surface area contributed by atoms with E-state index in [1.54, 1.807) is 6.92 Å². The van der Waals surface area contributed by atoms with Crippen LogP contribution in [-0.2, 0) is 6.42 Å². The van der Waals surface area contributed by atoms with Crippen molar-refractivity contribution in [2.45, 2.75) is 56.7 Å². The number of rotatable bonds is 5. The van der Waals surface area contributed by atoms with Gasteiger partial charge in [0.1, 0.15) is 28.9 Å². The van der Waals surface area contributed by atoms with Gasteiger partial charge < -0.3 is 20.6 Å². The van der Waals surface area contributed by atoms with Crippen LogP contribution in [0.4, 0.5) is 19.0 Å². The maximum absolute atomic E-state index is 12.7. The zero-order chi connectivity index (χ0) is 22.3. The lowest BCUT2D eigenvalue weighted by Crippen LogP contribution is -2.36. The van der Waals surface area contributed by atoms with Crippen molar-refractivity contribution < 1.29 is 28.5 Å². The average molecular weight is 454 g/mol. The van der Waals surface area contributed by atoms with Crippen LogP contribution in [0.3, 0.4) is 0 Å². The van der Waals surface area contributed by atoms with Crippen molar-refractivity contribution in [3.63, 3.8) is 0 Å². The zero-order valence-corrected chi connectivity index (χ0v) is 17.3. The van der Waals surface area contributed by atoms with Crippen molar-refractivity contribution in [3.05, 3.63) is 35.8 Å². The molecular weight excluding hydrogens is 433 g/mol. The van der Waals surface area contributed by atoms with Gasteiger partial charge in [-0.3, -0.25) is 0 Å². The number of para-hydroxylation sites is 1. The molecule has 31 heavy (non-hydrogen) atoms. The number of aromatic nitrogens is 3. The summed E-state index contributed by atoms with van der Waals surface area (Å²) in [5.41, 5.74) is 1.73. The highest BCUT2D eigenvalue weighted by atomic mass is 32.1. The Hall–Kier alpha value is -2.34. The minimum atomic E-state index is -4.34. The molecule has 4 rings (SSSR count). The molecule has 4 atom stereocenters. The van der Waals surface area contributed by atoms with Crippen LogP contribution < -0.4 is 5.32 Å². The molecule has 0 radical (unpaired) electrons. The molecule has 2 aromatic heterocycles. The van der Waals surface area contributed by atoms with Gasteiger partial charge in [-0.1, -0.05) is 12.1 Å². The van der Waals surface area contributed by atoms with E-state index in [0.717, 1.165) is 10.2 Å². The van der Waals surface area contributed by atoms with Crippen LogP contribution in [0.1, 0.15) is 24.4 Å². The number of anilines is 1. The smallest absolute Gasteiger partial charge is 0.389 e. The van der Waals surface area contributed by atoms with Gasteiger partial charge in [-0.15, -0.1) is 11.3 Å². The minimum Gasteiger partial charge on any atom is -0.390 e. The molecule has 7 nitrogen and oxygen atoms in total. The SMILES string of the molecule is Cc1nc(CCC(F)(F)F)nc(N[C@@H]2C[C@H](O)[C@@H](O)[C@H]2O)c1-c1nc2ccccc2s1. The Kier molecular flexibility index (Phi) is 5.86. The van der Waals surface area contributed by atoms with E-state index in [0.29, 0.717) is 16.3 Å². The van der Waals surface area contributed by atoms with E-state index in [9.17, 15) is 28.5 Å². The first-order valence-electron chi connectivity index (χ1n) is 9.73. The van der Waals surface area contributed by atoms with Crippen LogP contribution in [0.2, 0.25) is 0 Å². The molecule has 1 aliphatic carbocycles. The monoisotopic (exact) mass is 454 g/mol. The van der Waals surface area contributed by atoms with Crippen LogP contribution in [0.15, 0.2) is 24.3 Å². The average Bonchev–Trinajstić information content (AvgIpc) is 3.22. The molecule has 3 aromatic rings. The molecular formula is C20H21F3N4O3S. The first-order chi connectivity index (χ1) is 14.6. The van der Waals surface area contributed by atoms with Crippen LogP contribution in [0.25, 0.3) is 20.8 Å². The Morgan fingerprint density at radius 3 is 2.48 bits per heavy atom. The predicted octanol–water partition coefficient (Wildman–Crippen LogP) is 2.82. The van der Waals surface area contributed by atoms with E-state index < -0.39 is 43.4 Å². The summed E-state index contributed by atoms with van der Waals surface area (Å²) in [6, 6.07) is 6.76. The third-order valence-electron chi connectivity index (χ3n) is 5.25. The number of thiazole rings is 1. The van der Waals surface area contributed by atoms with Crippen molar-refractivity contribution in [2.75, 3.05) is 5.32 Å². The zero-order valence-electron chi connectivity index (χ0n) is 16.5. The number of benzene rings is 1. The van der Waals surface area contributed by atoms with Crippen LogP contribution >= 0.6 is 11.3 Å². The Morgan fingerprint density at radius 2 is 1.84 bits per heavy atom. The van der Waals surface area contributed by atoms with Gasteiger partial charge in [-0.25, -0.2) is 15.0 Å². The summed E-state index contributed by atoms with van der Waals surface area (Å²) in [5, 5.41) is 33.6. The van der Waals surface area contributed by atoms with Gasteiger partial charge in [-0.05, 0) is 25.5 Å². The number of aryl methyl sites for hydroxylation is 2. The van der Waals surface area contributed by atoms with E-state index >= 15 is 0 Å². The summed E-state index contributed by atoms with van der Waals surface area (Å²) >= 11 is 1.39. The number of nitrogens with one attached hydrogen (secondary N) is 1. The second-order valence-electron chi connectivity index (χ2n) is 7.59. The highest BCUT2D eigenvalue weighted by molar-refractivity contribution is 7.21. The van der Waals surface area contributed by atoms with Gasteiger partial charge >= 0.3 is 6.18 Å². The van der Waals surface area contributed by atoms with Crippen molar-refractivity contribution in [1.82, 2.24) is 15.0 Å². The quantitative estimate of drug-likeness (QED) is 0.469. The standard InChI is InChI=1S/C20H21F3N4O3S/c1-9-15(19-26-10-4-2-3-5-13(10)31-19)18(25-11-8-12(28)17(30)16(11)29)27-14(24-9)6-7-20(21,22)23/h2-5,11-12,16-17,28-30H,6-8H2,1H3,(H,24,25,27)/t11-,12+,16+,17-/m1/s1. The lowest BCUT2D eigenvalue weighted by molar-refractivity contribution is -0.134. The Morgan fingerprint density at radius 1 is 1.10 bits per heavy atom. The number of aliphatic hydroxyl groups is 3. The molecule has 0 amide bonds. The number of hydrogen-bond donors (Lipinski definition) is 4. The minimum absolute atomic E-state index is 0.00997. The highest BCUT2D eigenvalue weighted by Gasteiger charge is 2.41. The first kappa shape index (κ1) is 21.9. The summed E-state index contributed by atoms with van der Waals surface area (Å²) < 4.78 is 39.0. The molecule has 0 aliphatic heterocycles. The normalized spacial score (nSPS) is 24.1. The fourth-order valence-electron chi connectivity index (χ4n) is 3.66. The van der Waals surface area contributed by atoms with E-state index in [1.807, 2.05) is 24.3 Å². The lowest BCUT2D eigenvalue weighted by atomic mass is 10.1. The molecule has 1 aliphatic rings. The predicted molar refractivity (Wildman–Crippen MR) is 110 cm³/mol. The largest absolute Gasteiger partial charge is 0.390 e. The molecule has 1 saturated carbocycles. The Balaban J connectivity index is 1.75. The van der Waals surface area contributed by atoms with Gasteiger partial charge in [-0.2, -0.15) is 13.2 Å². The van der Waals surface area contributed by atoms with Gasteiger partial charge in [0, 0.05) is 6.42 Å². The third-order valence-corrected chi connectivity index (χ3v) is 6.30. The van der Waals surface area contributed by atoms with Crippen molar-refractivity contribution in [3.8, 4) is 10.6 Å². The number of hydrogen-bond acceptors (Lipinski definition) is 8. The number of alkyl halides is 3. The third kappa shape index (κ3) is 4.64. The number of nitrogens with zero attached hydrogens (tertiary/aromatic N) is 3. The summed E-state index contributed by atoms with van der Waals surface area (Å²) in [5.74, 6) is 0.227. The fraction of sp³-hybridized carbons (Fsp3) is 0.450. The number of halogens is 3. The Bertz CT molecular complexity index is 1060. The van der Waals surface area contributed by atoms with Gasteiger partial charge in [0.05, 0.1) is 40.0 Å².